The Morgan fingerprint density at radius 3 is 2.66 bits per heavy atom. The Kier molecular flexibility index (Phi) is 10.8. The zero-order valence-electron chi connectivity index (χ0n) is 19.0. The second-order valence-corrected chi connectivity index (χ2v) is 7.79. The Morgan fingerprint density at radius 1 is 1.22 bits per heavy atom. The van der Waals surface area contributed by atoms with Gasteiger partial charge in [-0.2, -0.15) is 0 Å². The fourth-order valence-electron chi connectivity index (χ4n) is 3.28. The molecule has 1 fully saturated rings. The summed E-state index contributed by atoms with van der Waals surface area (Å²) in [7, 11) is 1.73. The number of ether oxygens (including phenoxy) is 1. The van der Waals surface area contributed by atoms with Crippen molar-refractivity contribution in [2.75, 3.05) is 13.7 Å². The minimum absolute atomic E-state index is 0. The van der Waals surface area contributed by atoms with Crippen LogP contribution in [0.4, 0.5) is 0 Å². The fourth-order valence-corrected chi connectivity index (χ4v) is 3.28. The molecule has 1 aromatic heterocycles. The highest BCUT2D eigenvalue weighted by molar-refractivity contribution is 14.0. The van der Waals surface area contributed by atoms with E-state index in [4.69, 9.17) is 9.26 Å². The smallest absolute Gasteiger partial charge is 0.258 e. The molecule has 8 nitrogen and oxygen atoms in total. The van der Waals surface area contributed by atoms with E-state index >= 15 is 0 Å². The van der Waals surface area contributed by atoms with Crippen LogP contribution in [0.1, 0.15) is 62.5 Å². The molecule has 3 rings (SSSR count). The van der Waals surface area contributed by atoms with Crippen molar-refractivity contribution in [3.8, 4) is 5.75 Å². The molecule has 1 aliphatic rings. The summed E-state index contributed by atoms with van der Waals surface area (Å²) >= 11 is 0. The SMILES string of the molecule is CCC(CC)c1cc(CNC(=NC)NCc2cccc(OCC(=O)NC3CC3)c2)on1.I. The highest BCUT2D eigenvalue weighted by Gasteiger charge is 2.23. The van der Waals surface area contributed by atoms with Gasteiger partial charge in [-0.3, -0.25) is 9.79 Å². The third-order valence-electron chi connectivity index (χ3n) is 5.31. The van der Waals surface area contributed by atoms with E-state index in [1.807, 2.05) is 30.3 Å². The molecule has 0 unspecified atom stereocenters. The lowest BCUT2D eigenvalue weighted by Crippen LogP contribution is -2.36. The molecule has 9 heteroatoms. The van der Waals surface area contributed by atoms with Gasteiger partial charge in [0.05, 0.1) is 12.2 Å². The van der Waals surface area contributed by atoms with Crippen molar-refractivity contribution < 1.29 is 14.1 Å². The van der Waals surface area contributed by atoms with E-state index in [1.165, 1.54) is 0 Å². The maximum atomic E-state index is 11.8. The molecule has 1 aromatic carbocycles. The Bertz CT molecular complexity index is 878. The Balaban J connectivity index is 0.00000363. The van der Waals surface area contributed by atoms with Crippen LogP contribution in [-0.4, -0.2) is 36.7 Å². The summed E-state index contributed by atoms with van der Waals surface area (Å²) in [6.45, 7) is 5.43. The number of benzene rings is 1. The molecule has 176 valence electrons. The van der Waals surface area contributed by atoms with Gasteiger partial charge in [-0.25, -0.2) is 0 Å². The van der Waals surface area contributed by atoms with Crippen molar-refractivity contribution >= 4 is 35.8 Å². The van der Waals surface area contributed by atoms with E-state index in [2.05, 4.69) is 39.9 Å². The lowest BCUT2D eigenvalue weighted by molar-refractivity contribution is -0.123. The van der Waals surface area contributed by atoms with E-state index in [9.17, 15) is 4.79 Å². The minimum atomic E-state index is -0.0737. The lowest BCUT2D eigenvalue weighted by Gasteiger charge is -2.12. The zero-order chi connectivity index (χ0) is 22.1. The van der Waals surface area contributed by atoms with Crippen molar-refractivity contribution in [1.82, 2.24) is 21.1 Å². The number of hydrogen-bond acceptors (Lipinski definition) is 5. The first kappa shape index (κ1) is 26.0. The summed E-state index contributed by atoms with van der Waals surface area (Å²) in [5, 5.41) is 13.6. The lowest BCUT2D eigenvalue weighted by atomic mass is 9.99. The van der Waals surface area contributed by atoms with Crippen molar-refractivity contribution in [3.05, 3.63) is 47.3 Å². The zero-order valence-corrected chi connectivity index (χ0v) is 21.3. The number of carbonyl (C=O) groups is 1. The van der Waals surface area contributed by atoms with Crippen LogP contribution in [0, 0.1) is 0 Å². The Hall–Kier alpha value is -2.30. The molecule has 3 N–H and O–H groups in total. The molecular formula is C23H34IN5O3. The molecule has 2 aromatic rings. The predicted octanol–water partition coefficient (Wildman–Crippen LogP) is 3.72. The van der Waals surface area contributed by atoms with Crippen LogP contribution in [0.15, 0.2) is 39.8 Å². The van der Waals surface area contributed by atoms with Gasteiger partial charge in [-0.1, -0.05) is 31.1 Å². The summed E-state index contributed by atoms with van der Waals surface area (Å²) in [5.74, 6) is 2.48. The molecule has 1 heterocycles. The maximum absolute atomic E-state index is 11.8. The molecule has 0 aliphatic heterocycles. The number of rotatable bonds is 11. The third-order valence-corrected chi connectivity index (χ3v) is 5.31. The molecule has 0 spiro atoms. The first-order valence-corrected chi connectivity index (χ1v) is 11.0. The molecule has 1 aliphatic carbocycles. The standard InChI is InChI=1S/C23H33N5O3.HI/c1-4-17(5-2)21-12-20(31-28-21)14-26-23(24-3)25-13-16-7-6-8-19(11-16)30-15-22(29)27-18-9-10-18;/h6-8,11-12,17-18H,4-5,9-10,13-15H2,1-3H3,(H,27,29)(H2,24,25,26);1H. The number of hydrogen-bond donors (Lipinski definition) is 3. The summed E-state index contributed by atoms with van der Waals surface area (Å²) in [5.41, 5.74) is 2.03. The molecule has 1 saturated carbocycles. The van der Waals surface area contributed by atoms with E-state index in [1.54, 1.807) is 7.05 Å². The van der Waals surface area contributed by atoms with E-state index in [0.29, 0.717) is 36.8 Å². The van der Waals surface area contributed by atoms with Crippen LogP contribution in [-0.2, 0) is 17.9 Å². The van der Waals surface area contributed by atoms with Crippen LogP contribution >= 0.6 is 24.0 Å². The van der Waals surface area contributed by atoms with Crippen LogP contribution in [0.5, 0.6) is 5.75 Å². The molecule has 1 amide bonds. The average Bonchev–Trinajstić information content (AvgIpc) is 3.48. The van der Waals surface area contributed by atoms with E-state index in [0.717, 1.165) is 42.7 Å². The summed E-state index contributed by atoms with van der Waals surface area (Å²) in [6.07, 6.45) is 4.23. The van der Waals surface area contributed by atoms with Gasteiger partial charge in [0.25, 0.3) is 5.91 Å². The molecule has 32 heavy (non-hydrogen) atoms. The van der Waals surface area contributed by atoms with Crippen molar-refractivity contribution in [2.45, 2.75) is 64.6 Å². The second kappa shape index (κ2) is 13.3. The van der Waals surface area contributed by atoms with Gasteiger partial charge in [0, 0.05) is 31.6 Å². The maximum Gasteiger partial charge on any atom is 0.258 e. The summed E-state index contributed by atoms with van der Waals surface area (Å²) in [6, 6.07) is 10.0. The number of aliphatic imine (C=N–C) groups is 1. The van der Waals surface area contributed by atoms with Crippen molar-refractivity contribution in [1.29, 1.82) is 0 Å². The number of amides is 1. The number of guanidine groups is 1. The van der Waals surface area contributed by atoms with Gasteiger partial charge in [-0.05, 0) is 43.4 Å². The molecule has 0 bridgehead atoms. The molecule has 0 saturated heterocycles. The normalized spacial score (nSPS) is 13.4. The first-order chi connectivity index (χ1) is 15.1. The summed E-state index contributed by atoms with van der Waals surface area (Å²) < 4.78 is 11.1. The van der Waals surface area contributed by atoms with Gasteiger partial charge in [0.2, 0.25) is 0 Å². The molecular weight excluding hydrogens is 521 g/mol. The highest BCUT2D eigenvalue weighted by Crippen LogP contribution is 2.22. The van der Waals surface area contributed by atoms with Crippen molar-refractivity contribution in [3.63, 3.8) is 0 Å². The van der Waals surface area contributed by atoms with Gasteiger partial charge < -0.3 is 25.2 Å². The Labute approximate surface area is 207 Å². The Morgan fingerprint density at radius 2 is 1.97 bits per heavy atom. The number of nitrogens with zero attached hydrogens (tertiary/aromatic N) is 2. The topological polar surface area (TPSA) is 101 Å². The van der Waals surface area contributed by atoms with E-state index in [-0.39, 0.29) is 36.5 Å². The summed E-state index contributed by atoms with van der Waals surface area (Å²) in [4.78, 5) is 16.0. The van der Waals surface area contributed by atoms with E-state index < -0.39 is 0 Å². The van der Waals surface area contributed by atoms with Gasteiger partial charge in [0.1, 0.15) is 5.75 Å². The number of nitrogens with one attached hydrogen (secondary N) is 3. The monoisotopic (exact) mass is 555 g/mol. The van der Waals surface area contributed by atoms with Crippen LogP contribution in [0.25, 0.3) is 0 Å². The van der Waals surface area contributed by atoms with Gasteiger partial charge >= 0.3 is 0 Å². The van der Waals surface area contributed by atoms with Gasteiger partial charge in [-0.15, -0.1) is 24.0 Å². The largest absolute Gasteiger partial charge is 0.484 e. The number of halogens is 1. The second-order valence-electron chi connectivity index (χ2n) is 7.79. The quantitative estimate of drug-likeness (QED) is 0.222. The van der Waals surface area contributed by atoms with Gasteiger partial charge in [0.15, 0.2) is 18.3 Å². The number of aromatic nitrogens is 1. The minimum Gasteiger partial charge on any atom is -0.484 e. The predicted molar refractivity (Wildman–Crippen MR) is 135 cm³/mol. The van der Waals surface area contributed by atoms with Crippen LogP contribution < -0.4 is 20.7 Å². The highest BCUT2D eigenvalue weighted by atomic mass is 127. The van der Waals surface area contributed by atoms with Crippen molar-refractivity contribution in [2.24, 2.45) is 4.99 Å². The first-order valence-electron chi connectivity index (χ1n) is 11.0. The number of carbonyl (C=O) groups excluding carboxylic acids is 1. The van der Waals surface area contributed by atoms with Crippen LogP contribution in [0.2, 0.25) is 0 Å². The third kappa shape index (κ3) is 8.33. The van der Waals surface area contributed by atoms with Crippen LogP contribution in [0.3, 0.4) is 0 Å². The average molecular weight is 555 g/mol. The fraction of sp³-hybridized carbons (Fsp3) is 0.522. The molecule has 0 atom stereocenters. The molecule has 0 radical (unpaired) electrons.